The van der Waals surface area contributed by atoms with Crippen molar-refractivity contribution in [1.82, 2.24) is 4.98 Å². The third-order valence-electron chi connectivity index (χ3n) is 3.16. The minimum Gasteiger partial charge on any atom is -0.464 e. The Labute approximate surface area is 144 Å². The third kappa shape index (κ3) is 4.23. The van der Waals surface area contributed by atoms with Gasteiger partial charge in [-0.1, -0.05) is 30.3 Å². The average Bonchev–Trinajstić information content (AvgIpc) is 2.94. The molecule has 0 aliphatic carbocycles. The molecule has 0 saturated heterocycles. The van der Waals surface area contributed by atoms with Crippen molar-refractivity contribution in [3.63, 3.8) is 0 Å². The number of hydrogen-bond donors (Lipinski definition) is 0. The van der Waals surface area contributed by atoms with E-state index in [1.54, 1.807) is 23.1 Å². The van der Waals surface area contributed by atoms with E-state index in [9.17, 15) is 4.79 Å². The zero-order valence-corrected chi connectivity index (χ0v) is 15.3. The van der Waals surface area contributed by atoms with Gasteiger partial charge in [0.05, 0.1) is 17.3 Å². The summed E-state index contributed by atoms with van der Waals surface area (Å²) in [7, 11) is 2.73. The smallest absolute Gasteiger partial charge is 0.360 e. The van der Waals surface area contributed by atoms with Crippen LogP contribution in [-0.2, 0) is 14.4 Å². The summed E-state index contributed by atoms with van der Waals surface area (Å²) >= 11 is 3.38. The number of carbonyl (C=O) groups excluding carboxylic acids is 1. The molecule has 0 amide bonds. The highest BCUT2D eigenvalue weighted by atomic mass is 32.2. The Hall–Kier alpha value is -1.60. The number of rotatable bonds is 7. The average molecular weight is 352 g/mol. The van der Waals surface area contributed by atoms with Gasteiger partial charge in [-0.3, -0.25) is 0 Å². The Bertz CT molecular complexity index is 725. The zero-order valence-electron chi connectivity index (χ0n) is 13.7. The number of benzene rings is 1. The molecule has 23 heavy (non-hydrogen) atoms. The van der Waals surface area contributed by atoms with Gasteiger partial charge in [0, 0.05) is 11.3 Å². The van der Waals surface area contributed by atoms with Crippen molar-refractivity contribution in [2.45, 2.75) is 31.0 Å². The SMILES string of the molecule is CCCCSc1nc2c(/C(=N/OC)C(=O)OC)cc(C)cc2s1. The summed E-state index contributed by atoms with van der Waals surface area (Å²) in [6.45, 7) is 4.15. The van der Waals surface area contributed by atoms with E-state index in [1.807, 2.05) is 13.0 Å². The molecular weight excluding hydrogens is 332 g/mol. The minimum absolute atomic E-state index is 0.138. The maximum atomic E-state index is 12.0. The lowest BCUT2D eigenvalue weighted by Gasteiger charge is -2.06. The highest BCUT2D eigenvalue weighted by molar-refractivity contribution is 8.01. The Morgan fingerprint density at radius 2 is 2.17 bits per heavy atom. The second-order valence-corrected chi connectivity index (χ2v) is 7.33. The summed E-state index contributed by atoms with van der Waals surface area (Å²) in [5.74, 6) is 0.507. The van der Waals surface area contributed by atoms with Crippen molar-refractivity contribution in [1.29, 1.82) is 0 Å². The number of nitrogens with zero attached hydrogens (tertiary/aromatic N) is 2. The largest absolute Gasteiger partial charge is 0.464 e. The Balaban J connectivity index is 2.49. The zero-order chi connectivity index (χ0) is 16.8. The topological polar surface area (TPSA) is 60.8 Å². The first-order chi connectivity index (χ1) is 11.1. The van der Waals surface area contributed by atoms with Crippen LogP contribution in [0.15, 0.2) is 21.6 Å². The van der Waals surface area contributed by atoms with Gasteiger partial charge in [0.15, 0.2) is 10.1 Å². The van der Waals surface area contributed by atoms with Crippen LogP contribution in [0, 0.1) is 6.92 Å². The molecule has 0 fully saturated rings. The second kappa shape index (κ2) is 8.31. The van der Waals surface area contributed by atoms with E-state index < -0.39 is 5.97 Å². The van der Waals surface area contributed by atoms with E-state index in [0.29, 0.717) is 5.56 Å². The van der Waals surface area contributed by atoms with Crippen LogP contribution in [0.1, 0.15) is 30.9 Å². The number of aromatic nitrogens is 1. The number of thioether (sulfide) groups is 1. The van der Waals surface area contributed by atoms with Gasteiger partial charge in [-0.05, 0) is 31.0 Å². The molecule has 0 spiro atoms. The number of methoxy groups -OCH3 is 1. The lowest BCUT2D eigenvalue weighted by atomic mass is 10.1. The van der Waals surface area contributed by atoms with Gasteiger partial charge in [-0.2, -0.15) is 0 Å². The van der Waals surface area contributed by atoms with Gasteiger partial charge in [0.25, 0.3) is 0 Å². The number of oxime groups is 1. The van der Waals surface area contributed by atoms with E-state index in [4.69, 9.17) is 9.57 Å². The van der Waals surface area contributed by atoms with E-state index in [0.717, 1.165) is 38.7 Å². The fraction of sp³-hybridized carbons (Fsp3) is 0.438. The fourth-order valence-electron chi connectivity index (χ4n) is 2.08. The molecule has 2 aromatic rings. The van der Waals surface area contributed by atoms with E-state index in [-0.39, 0.29) is 5.71 Å². The first kappa shape index (κ1) is 17.7. The van der Waals surface area contributed by atoms with Crippen molar-refractivity contribution in [3.05, 3.63) is 23.3 Å². The minimum atomic E-state index is -0.535. The van der Waals surface area contributed by atoms with E-state index >= 15 is 0 Å². The highest BCUT2D eigenvalue weighted by Gasteiger charge is 2.21. The number of fused-ring (bicyclic) bond motifs is 1. The monoisotopic (exact) mass is 352 g/mol. The summed E-state index contributed by atoms with van der Waals surface area (Å²) in [4.78, 5) is 21.5. The fourth-order valence-corrected chi connectivity index (χ4v) is 4.42. The van der Waals surface area contributed by atoms with E-state index in [1.165, 1.54) is 14.2 Å². The maximum absolute atomic E-state index is 12.0. The Morgan fingerprint density at radius 1 is 1.39 bits per heavy atom. The predicted molar refractivity (Wildman–Crippen MR) is 95.6 cm³/mol. The first-order valence-corrected chi connectivity index (χ1v) is 9.14. The van der Waals surface area contributed by atoms with Gasteiger partial charge in [-0.15, -0.1) is 11.3 Å². The van der Waals surface area contributed by atoms with Crippen LogP contribution < -0.4 is 0 Å². The standard InChI is InChI=1S/C16H20N2O3S2/c1-5-6-7-22-16-17-13-11(8-10(2)9-12(13)23-16)14(18-21-4)15(19)20-3/h8-9H,5-7H2,1-4H3/b18-14-. The summed E-state index contributed by atoms with van der Waals surface area (Å²) in [5, 5.41) is 3.84. The number of thiazole rings is 1. The van der Waals surface area contributed by atoms with Crippen LogP contribution in [0.25, 0.3) is 10.2 Å². The Morgan fingerprint density at radius 3 is 2.83 bits per heavy atom. The van der Waals surface area contributed by atoms with Gasteiger partial charge in [-0.25, -0.2) is 9.78 Å². The number of esters is 1. The number of unbranched alkanes of at least 4 members (excludes halogenated alkanes) is 1. The van der Waals surface area contributed by atoms with Crippen molar-refractivity contribution < 1.29 is 14.4 Å². The highest BCUT2D eigenvalue weighted by Crippen LogP contribution is 2.33. The molecular formula is C16H20N2O3S2. The number of hydrogen-bond acceptors (Lipinski definition) is 7. The Kier molecular flexibility index (Phi) is 6.41. The quantitative estimate of drug-likeness (QED) is 0.248. The summed E-state index contributed by atoms with van der Waals surface area (Å²) in [5.41, 5.74) is 2.58. The molecule has 124 valence electrons. The molecule has 0 atom stereocenters. The molecule has 1 heterocycles. The lowest BCUT2D eigenvalue weighted by molar-refractivity contribution is -0.132. The molecule has 0 radical (unpaired) electrons. The molecule has 0 unspecified atom stereocenters. The van der Waals surface area contributed by atoms with Crippen LogP contribution in [0.2, 0.25) is 0 Å². The molecule has 7 heteroatoms. The molecule has 2 rings (SSSR count). The molecule has 5 nitrogen and oxygen atoms in total. The normalized spacial score (nSPS) is 11.7. The van der Waals surface area contributed by atoms with Crippen molar-refractivity contribution >= 4 is 45.0 Å². The molecule has 0 aliphatic heterocycles. The molecule has 1 aromatic carbocycles. The van der Waals surface area contributed by atoms with Gasteiger partial charge < -0.3 is 9.57 Å². The first-order valence-electron chi connectivity index (χ1n) is 7.34. The van der Waals surface area contributed by atoms with Crippen LogP contribution in [0.5, 0.6) is 0 Å². The molecule has 0 saturated carbocycles. The van der Waals surface area contributed by atoms with Gasteiger partial charge in [0.2, 0.25) is 0 Å². The van der Waals surface area contributed by atoms with Crippen LogP contribution in [0.3, 0.4) is 0 Å². The van der Waals surface area contributed by atoms with Gasteiger partial charge >= 0.3 is 5.97 Å². The van der Waals surface area contributed by atoms with Crippen molar-refractivity contribution in [2.24, 2.45) is 5.16 Å². The van der Waals surface area contributed by atoms with Gasteiger partial charge in [0.1, 0.15) is 7.11 Å². The lowest BCUT2D eigenvalue weighted by Crippen LogP contribution is -2.18. The summed E-state index contributed by atoms with van der Waals surface area (Å²) < 4.78 is 6.85. The molecule has 0 N–H and O–H groups in total. The van der Waals surface area contributed by atoms with Crippen LogP contribution in [0.4, 0.5) is 0 Å². The maximum Gasteiger partial charge on any atom is 0.360 e. The number of carbonyl (C=O) groups is 1. The summed E-state index contributed by atoms with van der Waals surface area (Å²) in [6.07, 6.45) is 2.32. The molecule has 1 aromatic heterocycles. The van der Waals surface area contributed by atoms with Crippen LogP contribution in [-0.4, -0.2) is 36.6 Å². The second-order valence-electron chi connectivity index (χ2n) is 4.96. The number of aryl methyl sites for hydroxylation is 1. The van der Waals surface area contributed by atoms with Crippen molar-refractivity contribution in [3.8, 4) is 0 Å². The molecule has 0 aliphatic rings. The predicted octanol–water partition coefficient (Wildman–Crippen LogP) is 4.02. The summed E-state index contributed by atoms with van der Waals surface area (Å²) in [6, 6.07) is 3.96. The number of ether oxygens (including phenoxy) is 1. The van der Waals surface area contributed by atoms with Crippen LogP contribution >= 0.6 is 23.1 Å². The molecule has 0 bridgehead atoms. The van der Waals surface area contributed by atoms with Crippen molar-refractivity contribution in [2.75, 3.05) is 20.0 Å². The third-order valence-corrected chi connectivity index (χ3v) is 5.39. The van der Waals surface area contributed by atoms with E-state index in [2.05, 4.69) is 23.1 Å².